The third-order valence-corrected chi connectivity index (χ3v) is 3.26. The summed E-state index contributed by atoms with van der Waals surface area (Å²) in [6, 6.07) is 13.4. The predicted molar refractivity (Wildman–Crippen MR) is 69.1 cm³/mol. The van der Waals surface area contributed by atoms with Gasteiger partial charge in [0.2, 0.25) is 0 Å². The topological polar surface area (TPSA) is 63.2 Å². The Morgan fingerprint density at radius 1 is 0.947 bits per heavy atom. The van der Waals surface area contributed by atoms with Gasteiger partial charge in [0.05, 0.1) is 4.90 Å². The number of hydrogen-bond donors (Lipinski definition) is 1. The maximum absolute atomic E-state index is 12.7. The van der Waals surface area contributed by atoms with Gasteiger partial charge in [-0.25, -0.2) is 0 Å². The average Bonchev–Trinajstić information content (AvgIpc) is 2.39. The minimum atomic E-state index is -4.74. The van der Waals surface area contributed by atoms with Gasteiger partial charge in [-0.1, -0.05) is 18.2 Å². The summed E-state index contributed by atoms with van der Waals surface area (Å²) in [6.07, 6.45) is 0. The van der Waals surface area contributed by atoms with E-state index >= 15 is 0 Å². The van der Waals surface area contributed by atoms with Crippen LogP contribution in [-0.2, 0) is 10.2 Å². The second-order valence-electron chi connectivity index (χ2n) is 3.78. The highest BCUT2D eigenvalue weighted by atomic mass is 32.3. The molecule has 2 aromatic rings. The first-order chi connectivity index (χ1) is 8.97. The Hall–Kier alpha value is -2.21. The third kappa shape index (κ3) is 3.38. The second-order valence-corrected chi connectivity index (χ2v) is 5.13. The summed E-state index contributed by atoms with van der Waals surface area (Å²) in [5.74, 6) is -0.394. The van der Waals surface area contributed by atoms with Crippen molar-refractivity contribution in [2.75, 3.05) is 5.32 Å². The quantitative estimate of drug-likeness (QED) is 0.878. The largest absolute Gasteiger partial charge is 0.332 e. The number of nitrogens with one attached hydrogen (secondary N) is 1. The fourth-order valence-corrected chi connectivity index (χ4v) is 1.95. The normalized spacial score (nSPS) is 11.0. The highest BCUT2D eigenvalue weighted by molar-refractivity contribution is 7.86. The van der Waals surface area contributed by atoms with Gasteiger partial charge in [-0.15, -0.1) is 3.89 Å². The molecular formula is C13H10FNO3S. The Balaban J connectivity index is 2.17. The molecular weight excluding hydrogens is 269 g/mol. The van der Waals surface area contributed by atoms with Gasteiger partial charge in [0.15, 0.2) is 0 Å². The zero-order valence-corrected chi connectivity index (χ0v) is 10.5. The van der Waals surface area contributed by atoms with Crippen molar-refractivity contribution in [2.24, 2.45) is 0 Å². The molecule has 0 aromatic heterocycles. The maximum Gasteiger partial charge on any atom is 0.332 e. The monoisotopic (exact) mass is 279 g/mol. The molecule has 1 amide bonds. The summed E-state index contributed by atoms with van der Waals surface area (Å²) in [4.78, 5) is 11.4. The molecule has 0 unspecified atom stereocenters. The lowest BCUT2D eigenvalue weighted by Crippen LogP contribution is -2.11. The van der Waals surface area contributed by atoms with Crippen molar-refractivity contribution in [1.29, 1.82) is 0 Å². The highest BCUT2D eigenvalue weighted by Crippen LogP contribution is 2.14. The van der Waals surface area contributed by atoms with E-state index in [1.165, 1.54) is 12.1 Å². The van der Waals surface area contributed by atoms with Gasteiger partial charge in [0.25, 0.3) is 5.91 Å². The Kier molecular flexibility index (Phi) is 3.62. The number of anilines is 1. The first-order valence-electron chi connectivity index (χ1n) is 5.38. The number of para-hydroxylation sites is 1. The third-order valence-electron chi connectivity index (χ3n) is 2.43. The molecule has 4 nitrogen and oxygen atoms in total. The highest BCUT2D eigenvalue weighted by Gasteiger charge is 2.13. The fourth-order valence-electron chi connectivity index (χ4n) is 1.49. The molecule has 0 radical (unpaired) electrons. The smallest absolute Gasteiger partial charge is 0.322 e. The number of amides is 1. The molecule has 0 fully saturated rings. The Labute approximate surface area is 110 Å². The SMILES string of the molecule is O=C(Nc1ccccc1)c1ccc(S(=O)(=O)F)cc1. The van der Waals surface area contributed by atoms with E-state index in [-0.39, 0.29) is 5.56 Å². The molecule has 0 heterocycles. The van der Waals surface area contributed by atoms with Crippen LogP contribution in [0.1, 0.15) is 10.4 Å². The van der Waals surface area contributed by atoms with Gasteiger partial charge in [-0.3, -0.25) is 4.79 Å². The van der Waals surface area contributed by atoms with Crippen LogP contribution in [0.2, 0.25) is 0 Å². The number of benzene rings is 2. The summed E-state index contributed by atoms with van der Waals surface area (Å²) in [7, 11) is -4.74. The van der Waals surface area contributed by atoms with Crippen LogP contribution >= 0.6 is 0 Å². The van der Waals surface area contributed by atoms with Crippen molar-refractivity contribution in [3.8, 4) is 0 Å². The first kappa shape index (κ1) is 13.2. The lowest BCUT2D eigenvalue weighted by Gasteiger charge is -2.05. The lowest BCUT2D eigenvalue weighted by atomic mass is 10.2. The summed E-state index contributed by atoms with van der Waals surface area (Å²) in [5, 5.41) is 2.63. The summed E-state index contributed by atoms with van der Waals surface area (Å²) in [5.41, 5.74) is 0.867. The van der Waals surface area contributed by atoms with E-state index in [4.69, 9.17) is 0 Å². The van der Waals surface area contributed by atoms with Crippen LogP contribution in [0.3, 0.4) is 0 Å². The standard InChI is InChI=1S/C13H10FNO3S/c14-19(17,18)12-8-6-10(7-9-12)13(16)15-11-4-2-1-3-5-11/h1-9H,(H,15,16). The van der Waals surface area contributed by atoms with Crippen molar-refractivity contribution >= 4 is 21.8 Å². The van der Waals surface area contributed by atoms with Crippen molar-refractivity contribution in [1.82, 2.24) is 0 Å². The molecule has 1 N–H and O–H groups in total. The number of rotatable bonds is 3. The van der Waals surface area contributed by atoms with Gasteiger partial charge in [-0.2, -0.15) is 8.42 Å². The Bertz CT molecular complexity index is 682. The van der Waals surface area contributed by atoms with E-state index < -0.39 is 21.0 Å². The minimum absolute atomic E-state index is 0.247. The van der Waals surface area contributed by atoms with Gasteiger partial charge >= 0.3 is 10.2 Å². The summed E-state index contributed by atoms with van der Waals surface area (Å²) in [6.45, 7) is 0. The van der Waals surface area contributed by atoms with Crippen LogP contribution in [0, 0.1) is 0 Å². The second kappa shape index (κ2) is 5.19. The van der Waals surface area contributed by atoms with E-state index in [0.717, 1.165) is 12.1 Å². The molecule has 98 valence electrons. The van der Waals surface area contributed by atoms with Crippen LogP contribution < -0.4 is 5.32 Å². The first-order valence-corrected chi connectivity index (χ1v) is 6.76. The lowest BCUT2D eigenvalue weighted by molar-refractivity contribution is 0.102. The van der Waals surface area contributed by atoms with Gasteiger partial charge in [0.1, 0.15) is 0 Å². The van der Waals surface area contributed by atoms with Gasteiger partial charge in [-0.05, 0) is 36.4 Å². The zero-order valence-electron chi connectivity index (χ0n) is 9.71. The number of carbonyl (C=O) groups is 1. The van der Waals surface area contributed by atoms with Crippen LogP contribution in [0.15, 0.2) is 59.5 Å². The number of halogens is 1. The van der Waals surface area contributed by atoms with E-state index in [1.807, 2.05) is 6.07 Å². The minimum Gasteiger partial charge on any atom is -0.322 e. The van der Waals surface area contributed by atoms with Crippen LogP contribution in [-0.4, -0.2) is 14.3 Å². The number of hydrogen-bond acceptors (Lipinski definition) is 3. The molecule has 0 aliphatic carbocycles. The zero-order chi connectivity index (χ0) is 13.9. The van der Waals surface area contributed by atoms with Crippen LogP contribution in [0.5, 0.6) is 0 Å². The molecule has 2 rings (SSSR count). The van der Waals surface area contributed by atoms with Gasteiger partial charge < -0.3 is 5.32 Å². The molecule has 19 heavy (non-hydrogen) atoms. The van der Waals surface area contributed by atoms with Crippen molar-refractivity contribution in [2.45, 2.75) is 4.90 Å². The molecule has 0 aliphatic heterocycles. The van der Waals surface area contributed by atoms with E-state index in [0.29, 0.717) is 5.69 Å². The van der Waals surface area contributed by atoms with Crippen LogP contribution in [0.4, 0.5) is 9.57 Å². The molecule has 0 saturated heterocycles. The molecule has 0 spiro atoms. The Morgan fingerprint density at radius 3 is 2.05 bits per heavy atom. The molecule has 2 aromatic carbocycles. The van der Waals surface area contributed by atoms with Crippen molar-refractivity contribution in [3.05, 3.63) is 60.2 Å². The fraction of sp³-hybridized carbons (Fsp3) is 0. The number of carbonyl (C=O) groups excluding carboxylic acids is 1. The van der Waals surface area contributed by atoms with E-state index in [9.17, 15) is 17.1 Å². The molecule has 0 aliphatic rings. The molecule has 0 saturated carbocycles. The average molecular weight is 279 g/mol. The van der Waals surface area contributed by atoms with Crippen molar-refractivity contribution in [3.63, 3.8) is 0 Å². The Morgan fingerprint density at radius 2 is 1.53 bits per heavy atom. The summed E-state index contributed by atoms with van der Waals surface area (Å²) >= 11 is 0. The van der Waals surface area contributed by atoms with Gasteiger partial charge in [0, 0.05) is 11.3 Å². The predicted octanol–water partition coefficient (Wildman–Crippen LogP) is 2.60. The van der Waals surface area contributed by atoms with E-state index in [2.05, 4.69) is 5.32 Å². The summed E-state index contributed by atoms with van der Waals surface area (Å²) < 4.78 is 33.9. The maximum atomic E-state index is 12.7. The molecule has 0 bridgehead atoms. The van der Waals surface area contributed by atoms with Crippen molar-refractivity contribution < 1.29 is 17.1 Å². The molecule has 0 atom stereocenters. The molecule has 6 heteroatoms. The van der Waals surface area contributed by atoms with E-state index in [1.54, 1.807) is 24.3 Å². The van der Waals surface area contributed by atoms with Crippen LogP contribution in [0.25, 0.3) is 0 Å².